The predicted molar refractivity (Wildman–Crippen MR) is 121 cm³/mol. The van der Waals surface area contributed by atoms with Gasteiger partial charge in [0, 0.05) is 44.2 Å². The predicted octanol–water partition coefficient (Wildman–Crippen LogP) is 3.83. The smallest absolute Gasteiger partial charge is 0.191 e. The Morgan fingerprint density at radius 1 is 1.17 bits per heavy atom. The summed E-state index contributed by atoms with van der Waals surface area (Å²) in [5.74, 6) is 0.892. The lowest BCUT2D eigenvalue weighted by Gasteiger charge is -2.24. The number of rotatable bonds is 9. The van der Waals surface area contributed by atoms with Gasteiger partial charge in [0.1, 0.15) is 0 Å². The summed E-state index contributed by atoms with van der Waals surface area (Å²) in [5, 5.41) is 6.78. The normalized spacial score (nSPS) is 11.6. The number of anilines is 1. The SMILES string of the molecule is CN=C(NCCCCN(C)c1ccccc1)NCC(C)(C)SC.I. The number of benzene rings is 1. The summed E-state index contributed by atoms with van der Waals surface area (Å²) in [6.07, 6.45) is 4.43. The van der Waals surface area contributed by atoms with Crippen LogP contribution in [-0.4, -0.2) is 50.7 Å². The fourth-order valence-electron chi connectivity index (χ4n) is 2.08. The van der Waals surface area contributed by atoms with Gasteiger partial charge in [0.15, 0.2) is 5.96 Å². The van der Waals surface area contributed by atoms with Crippen LogP contribution in [0.4, 0.5) is 5.69 Å². The van der Waals surface area contributed by atoms with E-state index in [-0.39, 0.29) is 28.7 Å². The molecule has 0 aliphatic rings. The Labute approximate surface area is 169 Å². The molecule has 0 saturated carbocycles. The van der Waals surface area contributed by atoms with E-state index < -0.39 is 0 Å². The molecular weight excluding hydrogens is 431 g/mol. The molecule has 0 aromatic heterocycles. The summed E-state index contributed by atoms with van der Waals surface area (Å²) in [6.45, 7) is 7.39. The van der Waals surface area contributed by atoms with Crippen LogP contribution in [0.2, 0.25) is 0 Å². The molecule has 24 heavy (non-hydrogen) atoms. The second kappa shape index (κ2) is 12.7. The number of unbranched alkanes of at least 4 members (excludes halogenated alkanes) is 1. The second-order valence-electron chi connectivity index (χ2n) is 6.28. The van der Waals surface area contributed by atoms with Crippen LogP contribution in [0.1, 0.15) is 26.7 Å². The highest BCUT2D eigenvalue weighted by atomic mass is 127. The topological polar surface area (TPSA) is 39.7 Å². The lowest BCUT2D eigenvalue weighted by atomic mass is 10.2. The molecule has 0 aliphatic heterocycles. The van der Waals surface area contributed by atoms with Gasteiger partial charge in [-0.3, -0.25) is 4.99 Å². The Morgan fingerprint density at radius 2 is 1.83 bits per heavy atom. The third kappa shape index (κ3) is 9.61. The zero-order valence-electron chi connectivity index (χ0n) is 15.6. The third-order valence-corrected chi connectivity index (χ3v) is 5.12. The van der Waals surface area contributed by atoms with Gasteiger partial charge in [-0.1, -0.05) is 18.2 Å². The molecule has 1 aromatic rings. The van der Waals surface area contributed by atoms with Gasteiger partial charge in [-0.25, -0.2) is 0 Å². The van der Waals surface area contributed by atoms with E-state index in [2.05, 4.69) is 78.0 Å². The Morgan fingerprint density at radius 3 is 2.42 bits per heavy atom. The molecule has 0 heterocycles. The molecule has 0 spiro atoms. The van der Waals surface area contributed by atoms with E-state index in [1.807, 2.05) is 18.8 Å². The molecule has 2 N–H and O–H groups in total. The fourth-order valence-corrected chi connectivity index (χ4v) is 2.30. The van der Waals surface area contributed by atoms with Crippen LogP contribution >= 0.6 is 35.7 Å². The van der Waals surface area contributed by atoms with Crippen LogP contribution in [0.3, 0.4) is 0 Å². The van der Waals surface area contributed by atoms with Crippen molar-refractivity contribution >= 4 is 47.4 Å². The molecule has 0 fully saturated rings. The number of hydrogen-bond acceptors (Lipinski definition) is 3. The standard InChI is InChI=1S/C18H32N4S.HI/c1-18(2,23-5)15-21-17(19-3)20-13-9-10-14-22(4)16-11-7-6-8-12-16;/h6-8,11-12H,9-10,13-15H2,1-5H3,(H2,19,20,21);1H. The van der Waals surface area contributed by atoms with E-state index in [0.29, 0.717) is 0 Å². The number of nitrogens with zero attached hydrogens (tertiary/aromatic N) is 2. The van der Waals surface area contributed by atoms with E-state index in [9.17, 15) is 0 Å². The van der Waals surface area contributed by atoms with Gasteiger partial charge in [0.25, 0.3) is 0 Å². The minimum Gasteiger partial charge on any atom is -0.375 e. The molecule has 0 atom stereocenters. The van der Waals surface area contributed by atoms with E-state index in [1.54, 1.807) is 0 Å². The van der Waals surface area contributed by atoms with Crippen molar-refractivity contribution in [2.45, 2.75) is 31.4 Å². The summed E-state index contributed by atoms with van der Waals surface area (Å²) >= 11 is 1.86. The van der Waals surface area contributed by atoms with E-state index in [1.165, 1.54) is 5.69 Å². The fraction of sp³-hybridized carbons (Fsp3) is 0.611. The number of para-hydroxylation sites is 1. The van der Waals surface area contributed by atoms with Crippen molar-refractivity contribution in [1.82, 2.24) is 10.6 Å². The van der Waals surface area contributed by atoms with Crippen LogP contribution in [0, 0.1) is 0 Å². The van der Waals surface area contributed by atoms with Crippen molar-refractivity contribution in [2.24, 2.45) is 4.99 Å². The first kappa shape index (κ1) is 23.4. The molecule has 0 bridgehead atoms. The lowest BCUT2D eigenvalue weighted by molar-refractivity contribution is 0.650. The van der Waals surface area contributed by atoms with Gasteiger partial charge >= 0.3 is 0 Å². The Bertz CT molecular complexity index is 465. The summed E-state index contributed by atoms with van der Waals surface area (Å²) in [4.78, 5) is 6.58. The van der Waals surface area contributed by atoms with Gasteiger partial charge in [-0.05, 0) is 45.1 Å². The summed E-state index contributed by atoms with van der Waals surface area (Å²) in [7, 11) is 3.97. The maximum atomic E-state index is 4.28. The number of aliphatic imine (C=N–C) groups is 1. The first-order valence-corrected chi connectivity index (χ1v) is 9.47. The van der Waals surface area contributed by atoms with Crippen LogP contribution < -0.4 is 15.5 Å². The lowest BCUT2D eigenvalue weighted by Crippen LogP contribution is -2.43. The van der Waals surface area contributed by atoms with Crippen LogP contribution in [0.5, 0.6) is 0 Å². The monoisotopic (exact) mass is 464 g/mol. The van der Waals surface area contributed by atoms with Crippen molar-refractivity contribution < 1.29 is 0 Å². The van der Waals surface area contributed by atoms with Crippen molar-refractivity contribution in [3.05, 3.63) is 30.3 Å². The van der Waals surface area contributed by atoms with Crippen LogP contribution in [-0.2, 0) is 0 Å². The van der Waals surface area contributed by atoms with Gasteiger partial charge < -0.3 is 15.5 Å². The van der Waals surface area contributed by atoms with Gasteiger partial charge in [-0.15, -0.1) is 24.0 Å². The quantitative estimate of drug-likeness (QED) is 0.252. The minimum absolute atomic E-state index is 0. The highest BCUT2D eigenvalue weighted by Crippen LogP contribution is 2.19. The first-order valence-electron chi connectivity index (χ1n) is 8.24. The summed E-state index contributed by atoms with van der Waals surface area (Å²) in [6, 6.07) is 10.5. The van der Waals surface area contributed by atoms with Crippen molar-refractivity contribution in [1.29, 1.82) is 0 Å². The second-order valence-corrected chi connectivity index (χ2v) is 7.79. The van der Waals surface area contributed by atoms with Gasteiger partial charge in [0.05, 0.1) is 0 Å². The van der Waals surface area contributed by atoms with Crippen molar-refractivity contribution in [2.75, 3.05) is 44.9 Å². The zero-order valence-corrected chi connectivity index (χ0v) is 18.8. The Balaban J connectivity index is 0.00000529. The highest BCUT2D eigenvalue weighted by molar-refractivity contribution is 14.0. The van der Waals surface area contributed by atoms with Crippen LogP contribution in [0.15, 0.2) is 35.3 Å². The van der Waals surface area contributed by atoms with Crippen molar-refractivity contribution in [3.8, 4) is 0 Å². The van der Waals surface area contributed by atoms with Gasteiger partial charge in [-0.2, -0.15) is 11.8 Å². The summed E-state index contributed by atoms with van der Waals surface area (Å²) in [5.41, 5.74) is 1.28. The zero-order chi connectivity index (χ0) is 17.1. The number of hydrogen-bond donors (Lipinski definition) is 2. The Kier molecular flexibility index (Phi) is 12.4. The Hall–Kier alpha value is -0.630. The number of thioether (sulfide) groups is 1. The average Bonchev–Trinajstić information content (AvgIpc) is 2.57. The van der Waals surface area contributed by atoms with Crippen molar-refractivity contribution in [3.63, 3.8) is 0 Å². The van der Waals surface area contributed by atoms with E-state index in [0.717, 1.165) is 38.4 Å². The number of halogens is 1. The maximum absolute atomic E-state index is 4.28. The maximum Gasteiger partial charge on any atom is 0.191 e. The number of guanidine groups is 1. The largest absolute Gasteiger partial charge is 0.375 e. The molecule has 138 valence electrons. The van der Waals surface area contributed by atoms with E-state index >= 15 is 0 Å². The average molecular weight is 464 g/mol. The molecule has 0 saturated heterocycles. The first-order chi connectivity index (χ1) is 11.0. The molecule has 1 aromatic carbocycles. The molecule has 1 rings (SSSR count). The van der Waals surface area contributed by atoms with Gasteiger partial charge in [0.2, 0.25) is 0 Å². The summed E-state index contributed by atoms with van der Waals surface area (Å²) < 4.78 is 0.218. The highest BCUT2D eigenvalue weighted by Gasteiger charge is 2.15. The molecule has 0 radical (unpaired) electrons. The molecule has 4 nitrogen and oxygen atoms in total. The molecule has 6 heteroatoms. The van der Waals surface area contributed by atoms with Crippen LogP contribution in [0.25, 0.3) is 0 Å². The molecule has 0 amide bonds. The third-order valence-electron chi connectivity index (χ3n) is 3.87. The molecule has 0 aliphatic carbocycles. The molecular formula is C18H33IN4S. The number of nitrogens with one attached hydrogen (secondary N) is 2. The molecule has 0 unspecified atom stereocenters. The minimum atomic E-state index is 0. The van der Waals surface area contributed by atoms with E-state index in [4.69, 9.17) is 0 Å².